The summed E-state index contributed by atoms with van der Waals surface area (Å²) in [6, 6.07) is 0. The average molecular weight is 173 g/mol. The van der Waals surface area contributed by atoms with Gasteiger partial charge >= 0.3 is 0 Å². The van der Waals surface area contributed by atoms with E-state index >= 15 is 0 Å². The summed E-state index contributed by atoms with van der Waals surface area (Å²) < 4.78 is 1.08. The van der Waals surface area contributed by atoms with Gasteiger partial charge in [0.2, 0.25) is 12.7 Å². The van der Waals surface area contributed by atoms with Crippen LogP contribution in [0.25, 0.3) is 0 Å². The minimum Gasteiger partial charge on any atom is -0.394 e. The van der Waals surface area contributed by atoms with Crippen LogP contribution < -0.4 is 5.12 Å². The van der Waals surface area contributed by atoms with E-state index in [2.05, 4.69) is 10.2 Å². The number of hydrazine groups is 1. The Balaban J connectivity index is 2.73. The van der Waals surface area contributed by atoms with Crippen molar-refractivity contribution in [1.29, 1.82) is 0 Å². The van der Waals surface area contributed by atoms with Crippen molar-refractivity contribution in [3.63, 3.8) is 0 Å². The molecule has 0 amide bonds. The summed E-state index contributed by atoms with van der Waals surface area (Å²) >= 11 is 0. The van der Waals surface area contributed by atoms with E-state index in [-0.39, 0.29) is 13.2 Å². The Morgan fingerprint density at radius 3 is 2.58 bits per heavy atom. The van der Waals surface area contributed by atoms with Gasteiger partial charge in [0.25, 0.3) is 0 Å². The Kier molecular flexibility index (Phi) is 2.53. The molecule has 0 saturated carbocycles. The molecule has 8 heteroatoms. The highest BCUT2D eigenvalue weighted by atomic mass is 16.7. The standard InChI is InChI=1S/C4H7N5O3/c10-2-1-8(9(11)12)7-3-5-6-4-7/h3-4,10H,1-2H2. The third-order valence-electron chi connectivity index (χ3n) is 1.16. The fourth-order valence-corrected chi connectivity index (χ4v) is 0.685. The van der Waals surface area contributed by atoms with Crippen LogP contribution in [0.15, 0.2) is 12.7 Å². The number of nitro groups is 1. The van der Waals surface area contributed by atoms with Crippen LogP contribution in [0.5, 0.6) is 0 Å². The summed E-state index contributed by atoms with van der Waals surface area (Å²) in [5.41, 5.74) is 0. The molecule has 0 aliphatic carbocycles. The van der Waals surface area contributed by atoms with Crippen LogP contribution in [-0.4, -0.2) is 38.2 Å². The van der Waals surface area contributed by atoms with E-state index in [9.17, 15) is 10.1 Å². The molecule has 1 N–H and O–H groups in total. The predicted molar refractivity (Wildman–Crippen MR) is 37.2 cm³/mol. The normalized spacial score (nSPS) is 9.75. The van der Waals surface area contributed by atoms with Gasteiger partial charge < -0.3 is 15.2 Å². The number of aliphatic hydroxyl groups excluding tert-OH is 1. The molecular formula is C4H7N5O3. The molecule has 66 valence electrons. The fourth-order valence-electron chi connectivity index (χ4n) is 0.685. The average Bonchev–Trinajstić information content (AvgIpc) is 2.51. The number of hydrogen-bond acceptors (Lipinski definition) is 5. The minimum absolute atomic E-state index is 0.106. The van der Waals surface area contributed by atoms with Crippen LogP contribution in [0, 0.1) is 10.1 Å². The maximum Gasteiger partial charge on any atom is 0.229 e. The van der Waals surface area contributed by atoms with Gasteiger partial charge in [0.05, 0.1) is 11.6 Å². The minimum atomic E-state index is -0.653. The molecule has 0 radical (unpaired) electrons. The fraction of sp³-hybridized carbons (Fsp3) is 0.500. The lowest BCUT2D eigenvalue weighted by Crippen LogP contribution is -2.41. The van der Waals surface area contributed by atoms with Crippen molar-refractivity contribution in [3.05, 3.63) is 22.8 Å². The van der Waals surface area contributed by atoms with Crippen LogP contribution in [0.4, 0.5) is 0 Å². The monoisotopic (exact) mass is 173 g/mol. The zero-order chi connectivity index (χ0) is 8.97. The first kappa shape index (κ1) is 8.40. The van der Waals surface area contributed by atoms with Crippen molar-refractivity contribution in [2.45, 2.75) is 0 Å². The predicted octanol–water partition coefficient (Wildman–Crippen LogP) is -1.60. The molecular weight excluding hydrogens is 166 g/mol. The van der Waals surface area contributed by atoms with Gasteiger partial charge in [-0.15, -0.1) is 10.2 Å². The van der Waals surface area contributed by atoms with E-state index in [0.717, 1.165) is 4.68 Å². The second kappa shape index (κ2) is 3.62. The van der Waals surface area contributed by atoms with Crippen molar-refractivity contribution in [1.82, 2.24) is 14.9 Å². The van der Waals surface area contributed by atoms with Crippen LogP contribution in [0.2, 0.25) is 0 Å². The first-order chi connectivity index (χ1) is 5.75. The number of hydrogen-bond donors (Lipinski definition) is 1. The van der Waals surface area contributed by atoms with Gasteiger partial charge in [-0.3, -0.25) is 0 Å². The largest absolute Gasteiger partial charge is 0.394 e. The quantitative estimate of drug-likeness (QED) is 0.435. The van der Waals surface area contributed by atoms with Crippen LogP contribution in [0.3, 0.4) is 0 Å². The molecule has 1 rings (SSSR count). The Labute approximate surface area is 67.1 Å². The molecule has 1 heterocycles. The van der Waals surface area contributed by atoms with Crippen LogP contribution in [0.1, 0.15) is 0 Å². The molecule has 12 heavy (non-hydrogen) atoms. The molecule has 0 spiro atoms. The van der Waals surface area contributed by atoms with Gasteiger partial charge in [0.1, 0.15) is 6.54 Å². The lowest BCUT2D eigenvalue weighted by atomic mass is 10.7. The Morgan fingerprint density at radius 2 is 2.17 bits per heavy atom. The molecule has 1 aromatic heterocycles. The molecule has 8 nitrogen and oxygen atoms in total. The van der Waals surface area contributed by atoms with Gasteiger partial charge in [-0.25, -0.2) is 0 Å². The Morgan fingerprint density at radius 1 is 1.58 bits per heavy atom. The number of aliphatic hydroxyl groups is 1. The van der Waals surface area contributed by atoms with Crippen molar-refractivity contribution in [2.24, 2.45) is 0 Å². The van der Waals surface area contributed by atoms with E-state index < -0.39 is 5.03 Å². The molecule has 0 aromatic carbocycles. The topological polar surface area (TPSA) is 97.3 Å². The van der Waals surface area contributed by atoms with Crippen molar-refractivity contribution in [2.75, 3.05) is 18.3 Å². The summed E-state index contributed by atoms with van der Waals surface area (Å²) in [7, 11) is 0. The zero-order valence-corrected chi connectivity index (χ0v) is 6.07. The first-order valence-corrected chi connectivity index (χ1v) is 3.13. The van der Waals surface area contributed by atoms with E-state index in [1.807, 2.05) is 0 Å². The Bertz CT molecular complexity index is 247. The number of rotatable bonds is 4. The smallest absolute Gasteiger partial charge is 0.229 e. The summed E-state index contributed by atoms with van der Waals surface area (Å²) in [5.74, 6) is 0. The van der Waals surface area contributed by atoms with Gasteiger partial charge in [-0.05, 0) is 5.12 Å². The SMILES string of the molecule is O=[N+]([O-])N(CCO)n1cnnc1. The van der Waals surface area contributed by atoms with Crippen LogP contribution >= 0.6 is 0 Å². The van der Waals surface area contributed by atoms with E-state index in [4.69, 9.17) is 5.11 Å². The second-order valence-corrected chi connectivity index (χ2v) is 1.90. The molecule has 0 aliphatic heterocycles. The third-order valence-corrected chi connectivity index (χ3v) is 1.16. The second-order valence-electron chi connectivity index (χ2n) is 1.90. The molecule has 0 unspecified atom stereocenters. The van der Waals surface area contributed by atoms with E-state index in [1.54, 1.807) is 0 Å². The molecule has 0 bridgehead atoms. The van der Waals surface area contributed by atoms with Crippen molar-refractivity contribution >= 4 is 0 Å². The summed E-state index contributed by atoms with van der Waals surface area (Å²) in [6.45, 7) is -0.413. The van der Waals surface area contributed by atoms with E-state index in [0.29, 0.717) is 5.12 Å². The lowest BCUT2D eigenvalue weighted by molar-refractivity contribution is -0.516. The molecule has 0 atom stereocenters. The maximum absolute atomic E-state index is 10.3. The molecule has 0 aliphatic rings. The maximum atomic E-state index is 10.3. The van der Waals surface area contributed by atoms with Gasteiger partial charge in [0.15, 0.2) is 0 Å². The highest BCUT2D eigenvalue weighted by Crippen LogP contribution is 1.88. The summed E-state index contributed by atoms with van der Waals surface area (Å²) in [4.78, 5) is 10.3. The summed E-state index contributed by atoms with van der Waals surface area (Å²) in [6.07, 6.45) is 2.36. The summed E-state index contributed by atoms with van der Waals surface area (Å²) in [5, 5.41) is 25.6. The molecule has 1 aromatic rings. The third kappa shape index (κ3) is 1.66. The highest BCUT2D eigenvalue weighted by molar-refractivity contribution is 4.72. The van der Waals surface area contributed by atoms with Crippen molar-refractivity contribution < 1.29 is 10.1 Å². The zero-order valence-electron chi connectivity index (χ0n) is 6.07. The molecule has 0 fully saturated rings. The van der Waals surface area contributed by atoms with Gasteiger partial charge in [-0.1, -0.05) is 4.68 Å². The number of aromatic nitrogens is 3. The van der Waals surface area contributed by atoms with Gasteiger partial charge in [0, 0.05) is 0 Å². The number of nitrogens with zero attached hydrogens (tertiary/aromatic N) is 5. The lowest BCUT2D eigenvalue weighted by Gasteiger charge is -2.12. The van der Waals surface area contributed by atoms with Crippen LogP contribution in [-0.2, 0) is 0 Å². The Hall–Kier alpha value is -1.70. The highest BCUT2D eigenvalue weighted by Gasteiger charge is 2.13. The van der Waals surface area contributed by atoms with Gasteiger partial charge in [-0.2, -0.15) is 0 Å². The molecule has 0 saturated heterocycles. The van der Waals surface area contributed by atoms with E-state index in [1.165, 1.54) is 12.7 Å². The first-order valence-electron chi connectivity index (χ1n) is 3.13. The van der Waals surface area contributed by atoms with Crippen molar-refractivity contribution in [3.8, 4) is 0 Å².